The van der Waals surface area contributed by atoms with Gasteiger partial charge in [-0.15, -0.1) is 0 Å². The number of hydrogen-bond acceptors (Lipinski definition) is 4. The van der Waals surface area contributed by atoms with Gasteiger partial charge in [0.2, 0.25) is 0 Å². The molecule has 0 bridgehead atoms. The van der Waals surface area contributed by atoms with Crippen LogP contribution >= 0.6 is 0 Å². The average Bonchev–Trinajstić information content (AvgIpc) is 2.56. The lowest BCUT2D eigenvalue weighted by Crippen LogP contribution is -2.16. The number of aromatic nitrogens is 3. The fourth-order valence-corrected chi connectivity index (χ4v) is 1.34. The Morgan fingerprint density at radius 2 is 2.43 bits per heavy atom. The maximum absolute atomic E-state index is 11.4. The number of hydrogen-bond donors (Lipinski definition) is 1. The SMILES string of the molecule is Cc1cn2ccnc(C(=O)CN)c2n1. The molecule has 0 radical (unpaired) electrons. The minimum Gasteiger partial charge on any atom is -0.324 e. The molecule has 2 heterocycles. The van der Waals surface area contributed by atoms with Crippen molar-refractivity contribution >= 4 is 11.4 Å². The monoisotopic (exact) mass is 190 g/mol. The minimum atomic E-state index is -0.193. The molecule has 2 aromatic heterocycles. The highest BCUT2D eigenvalue weighted by atomic mass is 16.1. The van der Waals surface area contributed by atoms with Crippen molar-refractivity contribution in [2.24, 2.45) is 5.73 Å². The molecule has 2 rings (SSSR count). The van der Waals surface area contributed by atoms with Crippen LogP contribution in [-0.2, 0) is 0 Å². The van der Waals surface area contributed by atoms with Crippen molar-refractivity contribution in [1.82, 2.24) is 14.4 Å². The van der Waals surface area contributed by atoms with Crippen LogP contribution in [0.3, 0.4) is 0 Å². The third kappa shape index (κ3) is 1.27. The molecule has 0 fully saturated rings. The predicted molar refractivity (Wildman–Crippen MR) is 51.1 cm³/mol. The van der Waals surface area contributed by atoms with E-state index >= 15 is 0 Å². The molecule has 2 N–H and O–H groups in total. The highest BCUT2D eigenvalue weighted by Crippen LogP contribution is 2.08. The number of aryl methyl sites for hydroxylation is 1. The van der Waals surface area contributed by atoms with Gasteiger partial charge < -0.3 is 10.1 Å². The zero-order valence-electron chi connectivity index (χ0n) is 7.77. The maximum Gasteiger partial charge on any atom is 0.198 e. The molecule has 0 saturated carbocycles. The number of imidazole rings is 1. The molecule has 0 amide bonds. The number of nitrogens with zero attached hydrogens (tertiary/aromatic N) is 3. The van der Waals surface area contributed by atoms with Gasteiger partial charge in [-0.1, -0.05) is 0 Å². The van der Waals surface area contributed by atoms with Crippen molar-refractivity contribution in [3.8, 4) is 0 Å². The van der Waals surface area contributed by atoms with Crippen LogP contribution in [0.2, 0.25) is 0 Å². The van der Waals surface area contributed by atoms with E-state index in [-0.39, 0.29) is 12.3 Å². The van der Waals surface area contributed by atoms with Crippen molar-refractivity contribution < 1.29 is 4.79 Å². The maximum atomic E-state index is 11.4. The van der Waals surface area contributed by atoms with Gasteiger partial charge in [-0.25, -0.2) is 9.97 Å². The third-order valence-corrected chi connectivity index (χ3v) is 1.94. The number of rotatable bonds is 2. The van der Waals surface area contributed by atoms with Gasteiger partial charge in [0, 0.05) is 18.6 Å². The second-order valence-electron chi connectivity index (χ2n) is 3.02. The van der Waals surface area contributed by atoms with Crippen LogP contribution in [0.4, 0.5) is 0 Å². The van der Waals surface area contributed by atoms with E-state index < -0.39 is 0 Å². The molecular formula is C9H10N4O. The van der Waals surface area contributed by atoms with E-state index in [0.717, 1.165) is 5.69 Å². The van der Waals surface area contributed by atoms with Gasteiger partial charge in [-0.05, 0) is 6.92 Å². The third-order valence-electron chi connectivity index (χ3n) is 1.94. The quantitative estimate of drug-likeness (QED) is 0.685. The van der Waals surface area contributed by atoms with Gasteiger partial charge in [-0.3, -0.25) is 4.79 Å². The highest BCUT2D eigenvalue weighted by Gasteiger charge is 2.11. The summed E-state index contributed by atoms with van der Waals surface area (Å²) in [4.78, 5) is 19.6. The van der Waals surface area contributed by atoms with E-state index in [1.807, 2.05) is 13.1 Å². The molecule has 0 aliphatic rings. The number of carbonyl (C=O) groups is 1. The second-order valence-corrected chi connectivity index (χ2v) is 3.02. The highest BCUT2D eigenvalue weighted by molar-refractivity contribution is 6.00. The largest absolute Gasteiger partial charge is 0.324 e. The number of Topliss-reactive ketones (excluding diaryl/α,β-unsaturated/α-hetero) is 1. The molecule has 72 valence electrons. The Labute approximate surface area is 80.6 Å². The van der Waals surface area contributed by atoms with E-state index in [4.69, 9.17) is 5.73 Å². The van der Waals surface area contributed by atoms with Crippen LogP contribution in [0.25, 0.3) is 5.65 Å². The number of fused-ring (bicyclic) bond motifs is 1. The molecule has 2 aromatic rings. The van der Waals surface area contributed by atoms with Gasteiger partial charge >= 0.3 is 0 Å². The lowest BCUT2D eigenvalue weighted by Gasteiger charge is -1.98. The molecule has 0 atom stereocenters. The topological polar surface area (TPSA) is 73.3 Å². The van der Waals surface area contributed by atoms with Crippen molar-refractivity contribution in [3.63, 3.8) is 0 Å². The summed E-state index contributed by atoms with van der Waals surface area (Å²) in [5, 5.41) is 0. The van der Waals surface area contributed by atoms with E-state index in [9.17, 15) is 4.79 Å². The lowest BCUT2D eigenvalue weighted by atomic mass is 10.3. The Morgan fingerprint density at radius 3 is 3.14 bits per heavy atom. The van der Waals surface area contributed by atoms with Gasteiger partial charge in [-0.2, -0.15) is 0 Å². The Balaban J connectivity index is 2.70. The van der Waals surface area contributed by atoms with Crippen LogP contribution in [0.15, 0.2) is 18.6 Å². The first-order chi connectivity index (χ1) is 6.72. The summed E-state index contributed by atoms with van der Waals surface area (Å²) in [6, 6.07) is 0. The molecule has 5 nitrogen and oxygen atoms in total. The summed E-state index contributed by atoms with van der Waals surface area (Å²) < 4.78 is 1.77. The van der Waals surface area contributed by atoms with Crippen molar-refractivity contribution in [3.05, 3.63) is 30.0 Å². The summed E-state index contributed by atoms with van der Waals surface area (Å²) in [5.41, 5.74) is 7.03. The molecule has 0 aliphatic carbocycles. The van der Waals surface area contributed by atoms with Crippen LogP contribution in [0.5, 0.6) is 0 Å². The lowest BCUT2D eigenvalue weighted by molar-refractivity contribution is 0.0998. The van der Waals surface area contributed by atoms with Crippen molar-refractivity contribution in [2.45, 2.75) is 6.92 Å². The van der Waals surface area contributed by atoms with Crippen LogP contribution in [0, 0.1) is 6.92 Å². The number of nitrogens with two attached hydrogens (primary N) is 1. The zero-order chi connectivity index (χ0) is 10.1. The van der Waals surface area contributed by atoms with Crippen LogP contribution < -0.4 is 5.73 Å². The smallest absolute Gasteiger partial charge is 0.198 e. The number of carbonyl (C=O) groups excluding carboxylic acids is 1. The summed E-state index contributed by atoms with van der Waals surface area (Å²) in [6.45, 7) is 1.82. The summed E-state index contributed by atoms with van der Waals surface area (Å²) in [6.07, 6.45) is 5.16. The van der Waals surface area contributed by atoms with E-state index in [1.165, 1.54) is 0 Å². The zero-order valence-corrected chi connectivity index (χ0v) is 7.77. The average molecular weight is 190 g/mol. The molecule has 0 spiro atoms. The normalized spacial score (nSPS) is 10.7. The fraction of sp³-hybridized carbons (Fsp3) is 0.222. The first-order valence-corrected chi connectivity index (χ1v) is 4.26. The fourth-order valence-electron chi connectivity index (χ4n) is 1.34. The van der Waals surface area contributed by atoms with E-state index in [2.05, 4.69) is 9.97 Å². The van der Waals surface area contributed by atoms with Crippen LogP contribution in [-0.4, -0.2) is 26.7 Å². The molecule has 0 aliphatic heterocycles. The molecule has 0 unspecified atom stereocenters. The summed E-state index contributed by atoms with van der Waals surface area (Å²) in [7, 11) is 0. The molecule has 0 saturated heterocycles. The molecular weight excluding hydrogens is 180 g/mol. The Bertz CT molecular complexity index is 489. The van der Waals surface area contributed by atoms with Crippen molar-refractivity contribution in [2.75, 3.05) is 6.54 Å². The minimum absolute atomic E-state index is 0.0431. The van der Waals surface area contributed by atoms with Gasteiger partial charge in [0.15, 0.2) is 17.1 Å². The Hall–Kier alpha value is -1.75. The summed E-state index contributed by atoms with van der Waals surface area (Å²) >= 11 is 0. The molecule has 0 aromatic carbocycles. The number of ketones is 1. The van der Waals surface area contributed by atoms with Gasteiger partial charge in [0.05, 0.1) is 12.2 Å². The standard InChI is InChI=1S/C9H10N4O/c1-6-5-13-3-2-11-8(7(14)4-10)9(13)12-6/h2-3,5H,4,10H2,1H3. The Kier molecular flexibility index (Phi) is 2.01. The summed E-state index contributed by atoms with van der Waals surface area (Å²) in [5.74, 6) is -0.193. The van der Waals surface area contributed by atoms with Crippen LogP contribution in [0.1, 0.15) is 16.2 Å². The predicted octanol–water partition coefficient (Wildman–Crippen LogP) is 0.179. The first kappa shape index (κ1) is 8.83. The Morgan fingerprint density at radius 1 is 1.64 bits per heavy atom. The van der Waals surface area contributed by atoms with Gasteiger partial charge in [0.25, 0.3) is 0 Å². The van der Waals surface area contributed by atoms with Gasteiger partial charge in [0.1, 0.15) is 0 Å². The first-order valence-electron chi connectivity index (χ1n) is 4.26. The van der Waals surface area contributed by atoms with Crippen molar-refractivity contribution in [1.29, 1.82) is 0 Å². The van der Waals surface area contributed by atoms with E-state index in [1.54, 1.807) is 16.8 Å². The molecule has 14 heavy (non-hydrogen) atoms. The second kappa shape index (κ2) is 3.19. The molecule has 5 heteroatoms. The van der Waals surface area contributed by atoms with E-state index in [0.29, 0.717) is 11.3 Å².